The van der Waals surface area contributed by atoms with Gasteiger partial charge in [0.1, 0.15) is 6.10 Å². The summed E-state index contributed by atoms with van der Waals surface area (Å²) in [7, 11) is 0. The Bertz CT molecular complexity index is 520. The van der Waals surface area contributed by atoms with Gasteiger partial charge in [0.2, 0.25) is 0 Å². The summed E-state index contributed by atoms with van der Waals surface area (Å²) in [5.74, 6) is 0. The van der Waals surface area contributed by atoms with Gasteiger partial charge < -0.3 is 5.11 Å². The van der Waals surface area contributed by atoms with E-state index >= 15 is 0 Å². The Morgan fingerprint density at radius 3 is 2.82 bits per heavy atom. The first-order valence-corrected chi connectivity index (χ1v) is 7.02. The van der Waals surface area contributed by atoms with Crippen molar-refractivity contribution in [2.75, 3.05) is 0 Å². The van der Waals surface area contributed by atoms with Crippen molar-refractivity contribution < 1.29 is 5.11 Å². The van der Waals surface area contributed by atoms with E-state index < -0.39 is 0 Å². The van der Waals surface area contributed by atoms with Crippen LogP contribution in [-0.2, 0) is 0 Å². The van der Waals surface area contributed by atoms with Crippen LogP contribution in [0.15, 0.2) is 42.0 Å². The van der Waals surface area contributed by atoms with Gasteiger partial charge in [0.25, 0.3) is 0 Å². The Kier molecular flexibility index (Phi) is 3.00. The van der Waals surface area contributed by atoms with Gasteiger partial charge >= 0.3 is 0 Å². The number of allylic oxidation sites excluding steroid dienone is 1. The first kappa shape index (κ1) is 11.0. The lowest BCUT2D eigenvalue weighted by Gasteiger charge is -2.17. The SMILES string of the molecule is OC(C1=CCCCC1)c1cc2ccccc2s1. The van der Waals surface area contributed by atoms with Gasteiger partial charge in [-0.3, -0.25) is 0 Å². The smallest absolute Gasteiger partial charge is 0.109 e. The van der Waals surface area contributed by atoms with E-state index in [0.717, 1.165) is 17.7 Å². The Hall–Kier alpha value is -1.12. The van der Waals surface area contributed by atoms with E-state index in [4.69, 9.17) is 0 Å². The molecule has 0 amide bonds. The van der Waals surface area contributed by atoms with Crippen molar-refractivity contribution in [3.05, 3.63) is 46.9 Å². The van der Waals surface area contributed by atoms with Crippen LogP contribution in [0.2, 0.25) is 0 Å². The highest BCUT2D eigenvalue weighted by molar-refractivity contribution is 7.19. The maximum atomic E-state index is 10.4. The van der Waals surface area contributed by atoms with Crippen LogP contribution in [0.3, 0.4) is 0 Å². The van der Waals surface area contributed by atoms with E-state index in [-0.39, 0.29) is 6.10 Å². The van der Waals surface area contributed by atoms with Crippen molar-refractivity contribution in [2.24, 2.45) is 0 Å². The summed E-state index contributed by atoms with van der Waals surface area (Å²) in [5.41, 5.74) is 1.21. The standard InChI is InChI=1S/C15H16OS/c16-15(11-6-2-1-3-7-11)14-10-12-8-4-5-9-13(12)17-14/h4-6,8-10,15-16H,1-3,7H2. The van der Waals surface area contributed by atoms with Crippen molar-refractivity contribution in [1.82, 2.24) is 0 Å². The predicted octanol–water partition coefficient (Wildman–Crippen LogP) is 4.44. The van der Waals surface area contributed by atoms with Crippen LogP contribution in [0.1, 0.15) is 36.7 Å². The number of fused-ring (bicyclic) bond motifs is 1. The summed E-state index contributed by atoms with van der Waals surface area (Å²) >= 11 is 1.71. The fourth-order valence-corrected chi connectivity index (χ4v) is 3.53. The normalized spacial score (nSPS) is 18.1. The number of hydrogen-bond donors (Lipinski definition) is 1. The van der Waals surface area contributed by atoms with Crippen molar-refractivity contribution in [1.29, 1.82) is 0 Å². The van der Waals surface area contributed by atoms with Crippen LogP contribution in [0.25, 0.3) is 10.1 Å². The maximum absolute atomic E-state index is 10.4. The van der Waals surface area contributed by atoms with Gasteiger partial charge in [-0.05, 0) is 48.8 Å². The van der Waals surface area contributed by atoms with Crippen molar-refractivity contribution in [3.8, 4) is 0 Å². The van der Waals surface area contributed by atoms with E-state index in [9.17, 15) is 5.11 Å². The summed E-state index contributed by atoms with van der Waals surface area (Å²) in [6.45, 7) is 0. The molecule has 0 bridgehead atoms. The molecule has 3 rings (SSSR count). The molecule has 0 saturated heterocycles. The lowest BCUT2D eigenvalue weighted by atomic mass is 9.95. The van der Waals surface area contributed by atoms with Gasteiger partial charge in [-0.2, -0.15) is 0 Å². The van der Waals surface area contributed by atoms with Crippen LogP contribution < -0.4 is 0 Å². The fourth-order valence-electron chi connectivity index (χ4n) is 2.43. The summed E-state index contributed by atoms with van der Waals surface area (Å²) in [6, 6.07) is 10.4. The van der Waals surface area contributed by atoms with E-state index in [1.807, 2.05) is 6.07 Å². The van der Waals surface area contributed by atoms with Gasteiger partial charge in [0, 0.05) is 9.58 Å². The highest BCUT2D eigenvalue weighted by Gasteiger charge is 2.17. The molecule has 88 valence electrons. The van der Waals surface area contributed by atoms with Crippen molar-refractivity contribution in [3.63, 3.8) is 0 Å². The minimum atomic E-state index is -0.382. The molecule has 1 aliphatic carbocycles. The third-order valence-corrected chi connectivity index (χ3v) is 4.56. The first-order chi connectivity index (χ1) is 8.34. The third-order valence-electron chi connectivity index (χ3n) is 3.39. The van der Waals surface area contributed by atoms with E-state index in [2.05, 4.69) is 30.3 Å². The molecule has 0 saturated carbocycles. The largest absolute Gasteiger partial charge is 0.383 e. The molecule has 1 heterocycles. The van der Waals surface area contributed by atoms with Gasteiger partial charge in [-0.1, -0.05) is 24.3 Å². The number of hydrogen-bond acceptors (Lipinski definition) is 2. The topological polar surface area (TPSA) is 20.2 Å². The van der Waals surface area contributed by atoms with Crippen LogP contribution in [-0.4, -0.2) is 5.11 Å². The average molecular weight is 244 g/mol. The first-order valence-electron chi connectivity index (χ1n) is 6.20. The molecule has 1 atom stereocenters. The lowest BCUT2D eigenvalue weighted by molar-refractivity contribution is 0.212. The Balaban J connectivity index is 1.94. The maximum Gasteiger partial charge on any atom is 0.109 e. The molecule has 17 heavy (non-hydrogen) atoms. The predicted molar refractivity (Wildman–Crippen MR) is 73.3 cm³/mol. The number of aliphatic hydroxyl groups excluding tert-OH is 1. The highest BCUT2D eigenvalue weighted by Crippen LogP contribution is 2.36. The minimum Gasteiger partial charge on any atom is -0.383 e. The average Bonchev–Trinajstić information content (AvgIpc) is 2.82. The molecular weight excluding hydrogens is 228 g/mol. The summed E-state index contributed by atoms with van der Waals surface area (Å²) in [4.78, 5) is 1.08. The highest BCUT2D eigenvalue weighted by atomic mass is 32.1. The molecule has 1 aromatic heterocycles. The number of aliphatic hydroxyl groups is 1. The Morgan fingerprint density at radius 2 is 2.06 bits per heavy atom. The second-order valence-corrected chi connectivity index (χ2v) is 5.73. The molecule has 0 fully saturated rings. The monoisotopic (exact) mass is 244 g/mol. The molecule has 2 aromatic rings. The molecule has 1 nitrogen and oxygen atoms in total. The summed E-state index contributed by atoms with van der Waals surface area (Å²) in [6.07, 6.45) is 6.49. The van der Waals surface area contributed by atoms with Gasteiger partial charge in [-0.15, -0.1) is 11.3 Å². The zero-order valence-corrected chi connectivity index (χ0v) is 10.5. The van der Waals surface area contributed by atoms with Crippen LogP contribution in [0.4, 0.5) is 0 Å². The number of benzene rings is 1. The summed E-state index contributed by atoms with van der Waals surface area (Å²) < 4.78 is 1.26. The van der Waals surface area contributed by atoms with Crippen LogP contribution >= 0.6 is 11.3 Å². The molecule has 1 unspecified atom stereocenters. The molecule has 1 aliphatic rings. The molecule has 0 aliphatic heterocycles. The Morgan fingerprint density at radius 1 is 1.18 bits per heavy atom. The Labute approximate surface area is 105 Å². The van der Waals surface area contributed by atoms with E-state index in [0.29, 0.717) is 0 Å². The van der Waals surface area contributed by atoms with E-state index in [1.54, 1.807) is 11.3 Å². The lowest BCUT2D eigenvalue weighted by Crippen LogP contribution is -2.02. The molecule has 1 aromatic carbocycles. The number of rotatable bonds is 2. The van der Waals surface area contributed by atoms with Gasteiger partial charge in [-0.25, -0.2) is 0 Å². The second kappa shape index (κ2) is 4.63. The molecule has 2 heteroatoms. The zero-order chi connectivity index (χ0) is 11.7. The third kappa shape index (κ3) is 2.15. The van der Waals surface area contributed by atoms with Crippen molar-refractivity contribution >= 4 is 21.4 Å². The fraction of sp³-hybridized carbons (Fsp3) is 0.333. The summed E-state index contributed by atoms with van der Waals surface area (Å²) in [5, 5.41) is 11.6. The molecule has 0 radical (unpaired) electrons. The molecule has 1 N–H and O–H groups in total. The quantitative estimate of drug-likeness (QED) is 0.774. The molecule has 0 spiro atoms. The van der Waals surface area contributed by atoms with Crippen LogP contribution in [0.5, 0.6) is 0 Å². The number of thiophene rings is 1. The van der Waals surface area contributed by atoms with Gasteiger partial charge in [0.05, 0.1) is 0 Å². The van der Waals surface area contributed by atoms with E-state index in [1.165, 1.54) is 28.5 Å². The molecular formula is C15H16OS. The van der Waals surface area contributed by atoms with Gasteiger partial charge in [0.15, 0.2) is 0 Å². The van der Waals surface area contributed by atoms with Crippen molar-refractivity contribution in [2.45, 2.75) is 31.8 Å². The zero-order valence-electron chi connectivity index (χ0n) is 9.73. The minimum absolute atomic E-state index is 0.382. The van der Waals surface area contributed by atoms with Crippen LogP contribution in [0, 0.1) is 0 Å². The second-order valence-electron chi connectivity index (χ2n) is 4.61.